The summed E-state index contributed by atoms with van der Waals surface area (Å²) >= 11 is 0. The average molecular weight is 344 g/mol. The molecule has 1 aliphatic rings. The topological polar surface area (TPSA) is 72.1 Å². The first-order valence-corrected chi connectivity index (χ1v) is 7.76. The molecule has 6 nitrogen and oxygen atoms in total. The second kappa shape index (κ2) is 5.58. The molecule has 0 aliphatic carbocycles. The predicted molar refractivity (Wildman–Crippen MR) is 84.1 cm³/mol. The molecule has 0 N–H and O–H groups in total. The van der Waals surface area contributed by atoms with Crippen LogP contribution in [-0.2, 0) is 0 Å². The van der Waals surface area contributed by atoms with Crippen molar-refractivity contribution >= 4 is 16.8 Å². The highest BCUT2D eigenvalue weighted by molar-refractivity contribution is 5.98. The van der Waals surface area contributed by atoms with Gasteiger partial charge in [-0.25, -0.2) is 8.78 Å². The van der Waals surface area contributed by atoms with E-state index in [0.29, 0.717) is 5.56 Å². The fourth-order valence-electron chi connectivity index (χ4n) is 3.07. The number of hydrogen-bond donors (Lipinski definition) is 0. The Morgan fingerprint density at radius 3 is 2.92 bits per heavy atom. The Balaban J connectivity index is 1.70. The number of pyridine rings is 1. The maximum absolute atomic E-state index is 14.0. The molecule has 1 saturated heterocycles. The van der Waals surface area contributed by atoms with Crippen molar-refractivity contribution in [2.24, 2.45) is 0 Å². The molecule has 2 aromatic heterocycles. The summed E-state index contributed by atoms with van der Waals surface area (Å²) in [6, 6.07) is 7.57. The van der Waals surface area contributed by atoms with Gasteiger partial charge in [-0.1, -0.05) is 6.07 Å². The summed E-state index contributed by atoms with van der Waals surface area (Å²) in [5, 5.41) is 8.26. The van der Waals surface area contributed by atoms with Gasteiger partial charge >= 0.3 is 0 Å². The number of amides is 1. The predicted octanol–water partition coefficient (Wildman–Crippen LogP) is 3.15. The third-order valence-corrected chi connectivity index (χ3v) is 4.21. The quantitative estimate of drug-likeness (QED) is 0.714. The van der Waals surface area contributed by atoms with E-state index < -0.39 is 30.8 Å². The molecule has 0 unspecified atom stereocenters. The summed E-state index contributed by atoms with van der Waals surface area (Å²) < 4.78 is 33.2. The van der Waals surface area contributed by atoms with Crippen LogP contribution in [0.25, 0.3) is 10.9 Å². The number of hydrogen-bond acceptors (Lipinski definition) is 5. The van der Waals surface area contributed by atoms with Gasteiger partial charge < -0.3 is 9.32 Å². The molecule has 4 rings (SSSR count). The standard InChI is InChI=1S/C17H14F2N4O2/c1-10-21-22-15(25-10)14-8-17(18,19)9-23(14)16(24)12-4-5-13-11(7-12)3-2-6-20-13/h2-7,14H,8-9H2,1H3/t14-/m0/s1. The number of carbonyl (C=O) groups is 1. The molecule has 0 spiro atoms. The Labute approximate surface area is 141 Å². The van der Waals surface area contributed by atoms with Gasteiger partial charge in [0.2, 0.25) is 11.8 Å². The van der Waals surface area contributed by atoms with Gasteiger partial charge in [0.25, 0.3) is 11.8 Å². The second-order valence-electron chi connectivity index (χ2n) is 6.08. The van der Waals surface area contributed by atoms with Gasteiger partial charge in [-0.15, -0.1) is 10.2 Å². The Morgan fingerprint density at radius 1 is 1.32 bits per heavy atom. The van der Waals surface area contributed by atoms with E-state index in [4.69, 9.17) is 4.42 Å². The average Bonchev–Trinajstić information content (AvgIpc) is 3.16. The summed E-state index contributed by atoms with van der Waals surface area (Å²) in [4.78, 5) is 18.1. The lowest BCUT2D eigenvalue weighted by atomic mass is 10.1. The molecule has 1 amide bonds. The number of fused-ring (bicyclic) bond motifs is 1. The van der Waals surface area contributed by atoms with Crippen LogP contribution in [0.2, 0.25) is 0 Å². The van der Waals surface area contributed by atoms with Crippen LogP contribution >= 0.6 is 0 Å². The lowest BCUT2D eigenvalue weighted by Crippen LogP contribution is -2.33. The molecule has 25 heavy (non-hydrogen) atoms. The van der Waals surface area contributed by atoms with E-state index in [2.05, 4.69) is 15.2 Å². The van der Waals surface area contributed by atoms with Crippen molar-refractivity contribution < 1.29 is 18.0 Å². The van der Waals surface area contributed by atoms with Crippen molar-refractivity contribution in [1.29, 1.82) is 0 Å². The van der Waals surface area contributed by atoms with Crippen LogP contribution in [0.1, 0.15) is 34.6 Å². The first-order valence-electron chi connectivity index (χ1n) is 7.76. The van der Waals surface area contributed by atoms with Crippen LogP contribution in [0.5, 0.6) is 0 Å². The van der Waals surface area contributed by atoms with Gasteiger partial charge in [0.05, 0.1) is 12.1 Å². The van der Waals surface area contributed by atoms with Gasteiger partial charge in [0, 0.05) is 30.5 Å². The summed E-state index contributed by atoms with van der Waals surface area (Å²) in [5.41, 5.74) is 1.05. The summed E-state index contributed by atoms with van der Waals surface area (Å²) in [5.74, 6) is -3.19. The highest BCUT2D eigenvalue weighted by Gasteiger charge is 2.49. The Kier molecular flexibility index (Phi) is 3.48. The summed E-state index contributed by atoms with van der Waals surface area (Å²) in [6.07, 6.45) is 1.12. The van der Waals surface area contributed by atoms with E-state index in [9.17, 15) is 13.6 Å². The van der Waals surface area contributed by atoms with Crippen molar-refractivity contribution in [2.75, 3.05) is 6.54 Å². The van der Waals surface area contributed by atoms with Crippen LogP contribution in [0.4, 0.5) is 8.78 Å². The molecular weight excluding hydrogens is 330 g/mol. The van der Waals surface area contributed by atoms with Gasteiger partial charge in [-0.2, -0.15) is 0 Å². The van der Waals surface area contributed by atoms with E-state index >= 15 is 0 Å². The van der Waals surface area contributed by atoms with E-state index in [0.717, 1.165) is 15.8 Å². The lowest BCUT2D eigenvalue weighted by molar-refractivity contribution is 0.0117. The Bertz CT molecular complexity index is 956. The first kappa shape index (κ1) is 15.6. The SMILES string of the molecule is Cc1nnc([C@@H]2CC(F)(F)CN2C(=O)c2ccc3ncccc3c2)o1. The first-order chi connectivity index (χ1) is 11.9. The molecule has 1 aromatic carbocycles. The van der Waals surface area contributed by atoms with Crippen LogP contribution in [0, 0.1) is 6.92 Å². The fourth-order valence-corrected chi connectivity index (χ4v) is 3.07. The Morgan fingerprint density at radius 2 is 2.16 bits per heavy atom. The van der Waals surface area contributed by atoms with Crippen LogP contribution in [0.3, 0.4) is 0 Å². The molecule has 1 atom stereocenters. The molecule has 3 aromatic rings. The number of aromatic nitrogens is 3. The van der Waals surface area contributed by atoms with Crippen LogP contribution in [0.15, 0.2) is 40.9 Å². The third kappa shape index (κ3) is 2.84. The van der Waals surface area contributed by atoms with Crippen molar-refractivity contribution in [3.63, 3.8) is 0 Å². The van der Waals surface area contributed by atoms with Crippen molar-refractivity contribution in [3.8, 4) is 0 Å². The lowest BCUT2D eigenvalue weighted by Gasteiger charge is -2.21. The van der Waals surface area contributed by atoms with E-state index in [1.54, 1.807) is 37.4 Å². The van der Waals surface area contributed by atoms with E-state index in [1.807, 2.05) is 6.07 Å². The zero-order valence-electron chi connectivity index (χ0n) is 13.3. The monoisotopic (exact) mass is 344 g/mol. The highest BCUT2D eigenvalue weighted by atomic mass is 19.3. The number of rotatable bonds is 2. The maximum atomic E-state index is 14.0. The highest BCUT2D eigenvalue weighted by Crippen LogP contribution is 2.41. The fraction of sp³-hybridized carbons (Fsp3) is 0.294. The molecule has 1 aliphatic heterocycles. The zero-order chi connectivity index (χ0) is 17.6. The van der Waals surface area contributed by atoms with Crippen molar-refractivity contribution in [3.05, 3.63) is 53.9 Å². The molecule has 1 fully saturated rings. The minimum Gasteiger partial charge on any atom is -0.423 e. The third-order valence-electron chi connectivity index (χ3n) is 4.21. The number of halogens is 2. The summed E-state index contributed by atoms with van der Waals surface area (Å²) in [6.45, 7) is 0.898. The largest absolute Gasteiger partial charge is 0.423 e. The number of alkyl halides is 2. The molecule has 8 heteroatoms. The van der Waals surface area contributed by atoms with Crippen molar-refractivity contribution in [2.45, 2.75) is 25.3 Å². The number of benzene rings is 1. The normalized spacial score (nSPS) is 19.5. The minimum atomic E-state index is -3.00. The van der Waals surface area contributed by atoms with Gasteiger partial charge in [-0.05, 0) is 24.3 Å². The van der Waals surface area contributed by atoms with Crippen LogP contribution < -0.4 is 0 Å². The Hall–Kier alpha value is -2.90. The molecule has 0 bridgehead atoms. The van der Waals surface area contributed by atoms with Gasteiger partial charge in [0.15, 0.2) is 0 Å². The molecule has 0 saturated carbocycles. The second-order valence-corrected chi connectivity index (χ2v) is 6.08. The molecular formula is C17H14F2N4O2. The number of nitrogens with zero attached hydrogens (tertiary/aromatic N) is 4. The smallest absolute Gasteiger partial charge is 0.267 e. The van der Waals surface area contributed by atoms with E-state index in [-0.39, 0.29) is 11.8 Å². The van der Waals surface area contributed by atoms with Crippen molar-refractivity contribution in [1.82, 2.24) is 20.1 Å². The maximum Gasteiger partial charge on any atom is 0.267 e. The van der Waals surface area contributed by atoms with E-state index in [1.165, 1.54) is 0 Å². The summed E-state index contributed by atoms with van der Waals surface area (Å²) in [7, 11) is 0. The number of aryl methyl sites for hydroxylation is 1. The zero-order valence-corrected chi connectivity index (χ0v) is 13.3. The van der Waals surface area contributed by atoms with Gasteiger partial charge in [-0.3, -0.25) is 9.78 Å². The number of carbonyl (C=O) groups excluding carboxylic acids is 1. The molecule has 3 heterocycles. The molecule has 128 valence electrons. The van der Waals surface area contributed by atoms with Gasteiger partial charge in [0.1, 0.15) is 6.04 Å². The minimum absolute atomic E-state index is 0.0329. The number of likely N-dealkylation sites (tertiary alicyclic amines) is 1. The molecule has 0 radical (unpaired) electrons. The van der Waals surface area contributed by atoms with Crippen LogP contribution in [-0.4, -0.2) is 38.5 Å².